The summed E-state index contributed by atoms with van der Waals surface area (Å²) >= 11 is 0.978. The third-order valence-electron chi connectivity index (χ3n) is 5.10. The van der Waals surface area contributed by atoms with Gasteiger partial charge in [0.15, 0.2) is 11.6 Å². The number of aromatic nitrogens is 2. The number of carbonyl (C=O) groups excluding carboxylic acids is 1. The van der Waals surface area contributed by atoms with Gasteiger partial charge in [0.2, 0.25) is 15.0 Å². The molecule has 0 unspecified atom stereocenters. The van der Waals surface area contributed by atoms with Crippen molar-refractivity contribution in [2.45, 2.75) is 37.6 Å². The van der Waals surface area contributed by atoms with Crippen molar-refractivity contribution in [2.75, 3.05) is 11.9 Å². The van der Waals surface area contributed by atoms with Crippen molar-refractivity contribution in [3.63, 3.8) is 0 Å². The topological polar surface area (TPSA) is 92.3 Å². The number of nitrogens with one attached hydrogen (secondary N) is 1. The van der Waals surface area contributed by atoms with Gasteiger partial charge >= 0.3 is 0 Å². The van der Waals surface area contributed by atoms with E-state index in [4.69, 9.17) is 0 Å². The summed E-state index contributed by atoms with van der Waals surface area (Å²) in [6, 6.07) is 7.66. The Morgan fingerprint density at radius 3 is 2.50 bits per heavy atom. The standard InChI is InChI=1S/C21H20F2N4O3S2/c1-12-8-13(2)10-15(9-12)32(29,30)27-7-3-4-18(27)20-25-26-21(31-20)19(28)24-14-5-6-16(22)17(23)11-14/h5-6,8-11,18H,3-4,7H2,1-2H3,(H,24,28)/t18-/m0/s1. The molecule has 168 valence electrons. The predicted octanol–water partition coefficient (Wildman–Crippen LogP) is 4.21. The molecule has 1 atom stereocenters. The minimum Gasteiger partial charge on any atom is -0.320 e. The minimum absolute atomic E-state index is 0.000353. The molecule has 0 saturated carbocycles. The molecular formula is C21H20F2N4O3S2. The van der Waals surface area contributed by atoms with Crippen LogP contribution in [0.4, 0.5) is 14.5 Å². The zero-order chi connectivity index (χ0) is 23.0. The maximum Gasteiger partial charge on any atom is 0.286 e. The molecule has 7 nitrogen and oxygen atoms in total. The zero-order valence-corrected chi connectivity index (χ0v) is 18.9. The molecule has 0 spiro atoms. The molecule has 2 heterocycles. The Balaban J connectivity index is 1.56. The van der Waals surface area contributed by atoms with E-state index >= 15 is 0 Å². The van der Waals surface area contributed by atoms with E-state index in [1.165, 1.54) is 10.4 Å². The molecule has 0 bridgehead atoms. The van der Waals surface area contributed by atoms with Crippen molar-refractivity contribution in [3.8, 4) is 0 Å². The SMILES string of the molecule is Cc1cc(C)cc(S(=O)(=O)N2CCC[C@H]2c2nnc(C(=O)Nc3ccc(F)c(F)c3)s2)c1. The summed E-state index contributed by atoms with van der Waals surface area (Å²) < 4.78 is 54.4. The van der Waals surface area contributed by atoms with Crippen LogP contribution < -0.4 is 5.32 Å². The molecule has 1 fully saturated rings. The number of hydrogen-bond acceptors (Lipinski definition) is 6. The van der Waals surface area contributed by atoms with Gasteiger partial charge in [-0.3, -0.25) is 4.79 Å². The summed E-state index contributed by atoms with van der Waals surface area (Å²) in [5.41, 5.74) is 1.78. The monoisotopic (exact) mass is 478 g/mol. The average molecular weight is 479 g/mol. The largest absolute Gasteiger partial charge is 0.320 e. The highest BCUT2D eigenvalue weighted by molar-refractivity contribution is 7.89. The Hall–Kier alpha value is -2.76. The van der Waals surface area contributed by atoms with Crippen LogP contribution in [0.25, 0.3) is 0 Å². The molecule has 2 aromatic carbocycles. The van der Waals surface area contributed by atoms with Gasteiger partial charge in [-0.1, -0.05) is 17.4 Å². The van der Waals surface area contributed by atoms with Gasteiger partial charge in [0.05, 0.1) is 10.9 Å². The first-order chi connectivity index (χ1) is 15.1. The molecule has 1 aliphatic heterocycles. The van der Waals surface area contributed by atoms with E-state index in [-0.39, 0.29) is 15.6 Å². The Kier molecular flexibility index (Phi) is 6.06. The molecule has 0 aliphatic carbocycles. The number of anilines is 1. The second kappa shape index (κ2) is 8.64. The Labute approximate surface area is 188 Å². The van der Waals surface area contributed by atoms with E-state index in [9.17, 15) is 22.0 Å². The van der Waals surface area contributed by atoms with E-state index in [0.29, 0.717) is 24.4 Å². The summed E-state index contributed by atoms with van der Waals surface area (Å²) in [6.07, 6.45) is 1.22. The molecular weight excluding hydrogens is 458 g/mol. The second-order valence-electron chi connectivity index (χ2n) is 7.63. The molecule has 1 saturated heterocycles. The van der Waals surface area contributed by atoms with E-state index in [0.717, 1.165) is 34.6 Å². The van der Waals surface area contributed by atoms with Crippen molar-refractivity contribution >= 4 is 33.0 Å². The molecule has 32 heavy (non-hydrogen) atoms. The van der Waals surface area contributed by atoms with Gasteiger partial charge in [-0.2, -0.15) is 4.31 Å². The number of rotatable bonds is 5. The van der Waals surface area contributed by atoms with Gasteiger partial charge in [0.1, 0.15) is 5.01 Å². The van der Waals surface area contributed by atoms with Gasteiger partial charge in [-0.15, -0.1) is 10.2 Å². The van der Waals surface area contributed by atoms with Crippen molar-refractivity contribution in [1.82, 2.24) is 14.5 Å². The van der Waals surface area contributed by atoms with Gasteiger partial charge < -0.3 is 5.32 Å². The van der Waals surface area contributed by atoms with Gasteiger partial charge in [0, 0.05) is 18.3 Å². The molecule has 11 heteroatoms. The van der Waals surface area contributed by atoms with Crippen LogP contribution >= 0.6 is 11.3 Å². The quantitative estimate of drug-likeness (QED) is 0.593. The average Bonchev–Trinajstić information content (AvgIpc) is 3.39. The summed E-state index contributed by atoms with van der Waals surface area (Å²) in [4.78, 5) is 12.7. The van der Waals surface area contributed by atoms with E-state index in [2.05, 4.69) is 15.5 Å². The second-order valence-corrected chi connectivity index (χ2v) is 10.5. The van der Waals surface area contributed by atoms with Crippen LogP contribution in [-0.2, 0) is 10.0 Å². The highest BCUT2D eigenvalue weighted by Gasteiger charge is 2.38. The van der Waals surface area contributed by atoms with Crippen molar-refractivity contribution < 1.29 is 22.0 Å². The molecule has 1 N–H and O–H groups in total. The van der Waals surface area contributed by atoms with Crippen LogP contribution in [0, 0.1) is 25.5 Å². The Bertz CT molecular complexity index is 1270. The smallest absolute Gasteiger partial charge is 0.286 e. The predicted molar refractivity (Wildman–Crippen MR) is 116 cm³/mol. The van der Waals surface area contributed by atoms with Crippen LogP contribution in [-0.4, -0.2) is 35.4 Å². The highest BCUT2D eigenvalue weighted by Crippen LogP contribution is 2.38. The molecule has 4 rings (SSSR count). The number of carbonyl (C=O) groups is 1. The number of hydrogen-bond donors (Lipinski definition) is 1. The Morgan fingerprint density at radius 1 is 1.09 bits per heavy atom. The lowest BCUT2D eigenvalue weighted by Gasteiger charge is -2.22. The molecule has 0 radical (unpaired) electrons. The first kappa shape index (κ1) is 22.4. The molecule has 1 aliphatic rings. The number of halogens is 2. The van der Waals surface area contributed by atoms with E-state index < -0.39 is 33.6 Å². The number of sulfonamides is 1. The first-order valence-corrected chi connectivity index (χ1v) is 12.1. The van der Waals surface area contributed by atoms with Gasteiger partial charge in [-0.05, 0) is 62.1 Å². The third-order valence-corrected chi connectivity index (χ3v) is 8.01. The van der Waals surface area contributed by atoms with Crippen LogP contribution in [0.3, 0.4) is 0 Å². The maximum atomic E-state index is 13.4. The fourth-order valence-electron chi connectivity index (χ4n) is 3.71. The van der Waals surface area contributed by atoms with E-state index in [1.807, 2.05) is 19.9 Å². The van der Waals surface area contributed by atoms with Crippen molar-refractivity contribution in [2.24, 2.45) is 0 Å². The maximum absolute atomic E-state index is 13.4. The van der Waals surface area contributed by atoms with Crippen LogP contribution in [0.15, 0.2) is 41.3 Å². The number of aryl methyl sites for hydroxylation is 2. The van der Waals surface area contributed by atoms with Crippen LogP contribution in [0.1, 0.15) is 44.8 Å². The van der Waals surface area contributed by atoms with Crippen molar-refractivity contribution in [3.05, 3.63) is 69.2 Å². The van der Waals surface area contributed by atoms with E-state index in [1.54, 1.807) is 12.1 Å². The lowest BCUT2D eigenvalue weighted by molar-refractivity contribution is 0.102. The highest BCUT2D eigenvalue weighted by atomic mass is 32.2. The lowest BCUT2D eigenvalue weighted by Crippen LogP contribution is -2.30. The zero-order valence-electron chi connectivity index (χ0n) is 17.3. The van der Waals surface area contributed by atoms with Crippen LogP contribution in [0.2, 0.25) is 0 Å². The summed E-state index contributed by atoms with van der Waals surface area (Å²) in [5, 5.41) is 10.8. The summed E-state index contributed by atoms with van der Waals surface area (Å²) in [5.74, 6) is -2.74. The molecule has 1 amide bonds. The van der Waals surface area contributed by atoms with Gasteiger partial charge in [0.25, 0.3) is 5.91 Å². The molecule has 1 aromatic heterocycles. The molecule has 3 aromatic rings. The fraction of sp³-hybridized carbons (Fsp3) is 0.286. The lowest BCUT2D eigenvalue weighted by atomic mass is 10.2. The Morgan fingerprint density at radius 2 is 1.81 bits per heavy atom. The minimum atomic E-state index is -3.75. The third kappa shape index (κ3) is 4.41. The summed E-state index contributed by atoms with van der Waals surface area (Å²) in [7, 11) is -3.75. The number of benzene rings is 2. The fourth-order valence-corrected chi connectivity index (χ4v) is 6.51. The van der Waals surface area contributed by atoms with Crippen LogP contribution in [0.5, 0.6) is 0 Å². The first-order valence-electron chi connectivity index (χ1n) is 9.85. The normalized spacial score (nSPS) is 16.9. The number of nitrogens with zero attached hydrogens (tertiary/aromatic N) is 3. The summed E-state index contributed by atoms with van der Waals surface area (Å²) in [6.45, 7) is 4.03. The van der Waals surface area contributed by atoms with Crippen molar-refractivity contribution in [1.29, 1.82) is 0 Å². The van der Waals surface area contributed by atoms with Gasteiger partial charge in [-0.25, -0.2) is 17.2 Å². The number of amides is 1.